The molecule has 0 aliphatic rings. The molecule has 0 radical (unpaired) electrons. The first-order valence-electron chi connectivity index (χ1n) is 5.58. The van der Waals surface area contributed by atoms with Gasteiger partial charge < -0.3 is 5.11 Å². The monoisotopic (exact) mass is 355 g/mol. The van der Waals surface area contributed by atoms with Crippen molar-refractivity contribution in [2.75, 3.05) is 19.8 Å². The van der Waals surface area contributed by atoms with E-state index in [1.165, 1.54) is 12.1 Å². The minimum absolute atomic E-state index is 0.0409. The van der Waals surface area contributed by atoms with Crippen LogP contribution in [0.4, 0.5) is 0 Å². The molecule has 10 heteroatoms. The topological polar surface area (TPSA) is 109 Å². The first-order valence-corrected chi connectivity index (χ1v) is 9.45. The molecule has 0 aliphatic carbocycles. The fourth-order valence-corrected chi connectivity index (χ4v) is 4.12. The van der Waals surface area contributed by atoms with E-state index in [9.17, 15) is 21.6 Å². The van der Waals surface area contributed by atoms with Crippen LogP contribution in [-0.4, -0.2) is 52.1 Å². The van der Waals surface area contributed by atoms with Crippen LogP contribution in [0.3, 0.4) is 0 Å². The van der Waals surface area contributed by atoms with E-state index in [-0.39, 0.29) is 15.5 Å². The fourth-order valence-electron chi connectivity index (χ4n) is 1.61. The Hall–Kier alpha value is -1.16. The van der Waals surface area contributed by atoms with Crippen molar-refractivity contribution in [2.45, 2.75) is 10.6 Å². The summed E-state index contributed by atoms with van der Waals surface area (Å²) in [7, 11) is -6.53. The van der Waals surface area contributed by atoms with E-state index >= 15 is 0 Å². The molecule has 1 rings (SSSR count). The first kappa shape index (κ1) is 17.9. The van der Waals surface area contributed by atoms with Crippen molar-refractivity contribution < 1.29 is 26.7 Å². The van der Waals surface area contributed by atoms with E-state index in [0.717, 1.165) is 19.4 Å². The van der Waals surface area contributed by atoms with Gasteiger partial charge in [0.05, 0.1) is 10.6 Å². The van der Waals surface area contributed by atoms with E-state index in [1.54, 1.807) is 0 Å². The van der Waals surface area contributed by atoms with Gasteiger partial charge in [0.25, 0.3) is 0 Å². The van der Waals surface area contributed by atoms with Gasteiger partial charge in [0.15, 0.2) is 9.84 Å². The number of hydrogen-bond donors (Lipinski definition) is 1. The summed E-state index contributed by atoms with van der Waals surface area (Å²) in [6.07, 6.45) is 0.971. The summed E-state index contributed by atoms with van der Waals surface area (Å²) in [5.41, 5.74) is 0.0409. The van der Waals surface area contributed by atoms with Crippen molar-refractivity contribution in [3.05, 3.63) is 28.8 Å². The zero-order chi connectivity index (χ0) is 16.4. The van der Waals surface area contributed by atoms with Crippen LogP contribution < -0.4 is 0 Å². The molecule has 0 heterocycles. The molecule has 1 N–H and O–H groups in total. The number of nitrogens with zero attached hydrogens (tertiary/aromatic N) is 1. The van der Waals surface area contributed by atoms with Crippen molar-refractivity contribution in [2.24, 2.45) is 0 Å². The number of carbonyl (C=O) groups is 1. The molecule has 1 aromatic rings. The third kappa shape index (κ3) is 4.95. The summed E-state index contributed by atoms with van der Waals surface area (Å²) >= 11 is 5.76. The molecule has 0 aliphatic heterocycles. The number of sulfonamides is 1. The summed E-state index contributed by atoms with van der Waals surface area (Å²) < 4.78 is 48.0. The Bertz CT molecular complexity index is 757. The van der Waals surface area contributed by atoms with Gasteiger partial charge in [-0.2, -0.15) is 4.31 Å². The molecule has 0 aromatic heterocycles. The fraction of sp³-hybridized carbons (Fsp3) is 0.364. The smallest absolute Gasteiger partial charge is 0.318 e. The third-order valence-corrected chi connectivity index (χ3v) is 5.45. The maximum Gasteiger partial charge on any atom is 0.318 e. The Kier molecular flexibility index (Phi) is 5.37. The van der Waals surface area contributed by atoms with Crippen molar-refractivity contribution >= 4 is 37.4 Å². The SMILES string of the molecule is CN(CC(=O)O)S(=O)(=O)c1cc(Cl)ccc1CS(C)(=O)=O. The highest BCUT2D eigenvalue weighted by Crippen LogP contribution is 2.25. The number of carboxylic acids is 1. The van der Waals surface area contributed by atoms with Crippen LogP contribution in [0.5, 0.6) is 0 Å². The second-order valence-electron chi connectivity index (χ2n) is 4.48. The van der Waals surface area contributed by atoms with E-state index in [2.05, 4.69) is 0 Å². The summed E-state index contributed by atoms with van der Waals surface area (Å²) in [6.45, 7) is -0.743. The number of halogens is 1. The number of hydrogen-bond acceptors (Lipinski definition) is 5. The summed E-state index contributed by atoms with van der Waals surface area (Å²) in [6, 6.07) is 3.78. The quantitative estimate of drug-likeness (QED) is 0.799. The molecule has 21 heavy (non-hydrogen) atoms. The number of carboxylic acid groups (broad SMARTS) is 1. The van der Waals surface area contributed by atoms with Gasteiger partial charge in [-0.05, 0) is 17.7 Å². The van der Waals surface area contributed by atoms with Crippen molar-refractivity contribution in [1.82, 2.24) is 4.31 Å². The Morgan fingerprint density at radius 3 is 2.33 bits per heavy atom. The lowest BCUT2D eigenvalue weighted by Gasteiger charge is -2.17. The second kappa shape index (κ2) is 6.30. The molecule has 1 aromatic carbocycles. The lowest BCUT2D eigenvalue weighted by molar-refractivity contribution is -0.137. The van der Waals surface area contributed by atoms with Crippen LogP contribution in [0.1, 0.15) is 5.56 Å². The molecule has 0 bridgehead atoms. The van der Waals surface area contributed by atoms with E-state index in [4.69, 9.17) is 16.7 Å². The molecule has 0 fully saturated rings. The Balaban J connectivity index is 3.40. The Morgan fingerprint density at radius 1 is 1.29 bits per heavy atom. The maximum absolute atomic E-state index is 12.3. The lowest BCUT2D eigenvalue weighted by Crippen LogP contribution is -2.32. The number of rotatable bonds is 6. The van der Waals surface area contributed by atoms with Crippen molar-refractivity contribution in [3.63, 3.8) is 0 Å². The summed E-state index contributed by atoms with van der Waals surface area (Å²) in [4.78, 5) is 10.3. The molecule has 0 spiro atoms. The zero-order valence-electron chi connectivity index (χ0n) is 11.3. The van der Waals surface area contributed by atoms with Gasteiger partial charge in [0, 0.05) is 18.3 Å². The number of benzene rings is 1. The highest BCUT2D eigenvalue weighted by atomic mass is 35.5. The van der Waals surface area contributed by atoms with Gasteiger partial charge in [0.2, 0.25) is 10.0 Å². The van der Waals surface area contributed by atoms with Gasteiger partial charge in [-0.3, -0.25) is 4.79 Å². The molecule has 0 unspecified atom stereocenters. The van der Waals surface area contributed by atoms with Crippen molar-refractivity contribution in [1.29, 1.82) is 0 Å². The standard InChI is InChI=1S/C11H14ClNO6S2/c1-13(6-11(14)15)21(18,19)10-5-9(12)4-3-8(10)7-20(2,16)17/h3-5H,6-7H2,1-2H3,(H,14,15). The van der Waals surface area contributed by atoms with Crippen LogP contribution in [0, 0.1) is 0 Å². The maximum atomic E-state index is 12.3. The first-order chi connectivity index (χ1) is 9.43. The van der Waals surface area contributed by atoms with Gasteiger partial charge in [-0.15, -0.1) is 0 Å². The minimum atomic E-state index is -4.16. The largest absolute Gasteiger partial charge is 0.480 e. The number of likely N-dealkylation sites (N-methyl/N-ethyl adjacent to an activating group) is 1. The highest BCUT2D eigenvalue weighted by Gasteiger charge is 2.27. The number of sulfone groups is 1. The van der Waals surface area contributed by atoms with Crippen LogP contribution in [0.15, 0.2) is 23.1 Å². The van der Waals surface area contributed by atoms with Gasteiger partial charge in [-0.25, -0.2) is 16.8 Å². The van der Waals surface area contributed by atoms with Crippen LogP contribution in [-0.2, 0) is 30.4 Å². The molecule has 7 nitrogen and oxygen atoms in total. The molecule has 0 saturated heterocycles. The number of aliphatic carboxylic acids is 1. The Morgan fingerprint density at radius 2 is 1.86 bits per heavy atom. The zero-order valence-corrected chi connectivity index (χ0v) is 13.7. The van der Waals surface area contributed by atoms with Crippen LogP contribution >= 0.6 is 11.6 Å². The van der Waals surface area contributed by atoms with Crippen LogP contribution in [0.25, 0.3) is 0 Å². The van der Waals surface area contributed by atoms with Gasteiger partial charge in [0.1, 0.15) is 6.54 Å². The van der Waals surface area contributed by atoms with Gasteiger partial charge >= 0.3 is 5.97 Å². The predicted molar refractivity (Wildman–Crippen MR) is 77.5 cm³/mol. The van der Waals surface area contributed by atoms with Gasteiger partial charge in [-0.1, -0.05) is 17.7 Å². The van der Waals surface area contributed by atoms with E-state index < -0.39 is 38.1 Å². The van der Waals surface area contributed by atoms with E-state index in [1.807, 2.05) is 0 Å². The molecular formula is C11H14ClNO6S2. The molecule has 118 valence electrons. The normalized spacial score (nSPS) is 12.6. The minimum Gasteiger partial charge on any atom is -0.480 e. The summed E-state index contributed by atoms with van der Waals surface area (Å²) in [5, 5.41) is 8.78. The second-order valence-corrected chi connectivity index (χ2v) is 9.07. The Labute approximate surface area is 128 Å². The molecular weight excluding hydrogens is 342 g/mol. The molecule has 0 amide bonds. The average molecular weight is 356 g/mol. The highest BCUT2D eigenvalue weighted by molar-refractivity contribution is 7.90. The third-order valence-electron chi connectivity index (χ3n) is 2.49. The molecule has 0 atom stereocenters. The molecule has 0 saturated carbocycles. The predicted octanol–water partition coefficient (Wildman–Crippen LogP) is 0.590. The lowest BCUT2D eigenvalue weighted by atomic mass is 10.2. The average Bonchev–Trinajstić information content (AvgIpc) is 2.28. The van der Waals surface area contributed by atoms with E-state index in [0.29, 0.717) is 4.31 Å². The summed E-state index contributed by atoms with van der Waals surface area (Å²) in [5.74, 6) is -1.81. The van der Waals surface area contributed by atoms with Crippen molar-refractivity contribution in [3.8, 4) is 0 Å². The van der Waals surface area contributed by atoms with Crippen LogP contribution in [0.2, 0.25) is 5.02 Å².